The zero-order valence-electron chi connectivity index (χ0n) is 9.45. The van der Waals surface area contributed by atoms with E-state index in [2.05, 4.69) is 25.4 Å². The summed E-state index contributed by atoms with van der Waals surface area (Å²) < 4.78 is 0.926. The summed E-state index contributed by atoms with van der Waals surface area (Å²) in [4.78, 5) is 26.5. The Bertz CT molecular complexity index is 783. The predicted octanol–water partition coefficient (Wildman–Crippen LogP) is 1.21. The first-order valence-corrected chi connectivity index (χ1v) is 6.91. The summed E-state index contributed by atoms with van der Waals surface area (Å²) in [7, 11) is 0. The third kappa shape index (κ3) is 2.43. The molecule has 96 valence electrons. The Labute approximate surface area is 115 Å². The van der Waals surface area contributed by atoms with E-state index in [9.17, 15) is 4.79 Å². The molecule has 0 aliphatic rings. The average molecular weight is 292 g/mol. The second-order valence-electron chi connectivity index (χ2n) is 3.47. The Morgan fingerprint density at radius 1 is 1.37 bits per heavy atom. The van der Waals surface area contributed by atoms with E-state index >= 15 is 0 Å². The van der Waals surface area contributed by atoms with Gasteiger partial charge in [0.05, 0.1) is 10.2 Å². The third-order valence-electron chi connectivity index (χ3n) is 2.24. The maximum atomic E-state index is 11.2. The summed E-state index contributed by atoms with van der Waals surface area (Å²) in [5.74, 6) is 5.67. The van der Waals surface area contributed by atoms with Gasteiger partial charge in [-0.2, -0.15) is 0 Å². The number of H-pyrrole nitrogens is 1. The summed E-state index contributed by atoms with van der Waals surface area (Å²) in [5, 5.41) is 3.09. The quantitative estimate of drug-likeness (QED) is 0.288. The van der Waals surface area contributed by atoms with Crippen LogP contribution in [0.1, 0.15) is 0 Å². The van der Waals surface area contributed by atoms with E-state index in [-0.39, 0.29) is 5.56 Å². The number of hydrogen-bond donors (Lipinski definition) is 3. The van der Waals surface area contributed by atoms with E-state index in [1.54, 1.807) is 0 Å². The summed E-state index contributed by atoms with van der Waals surface area (Å²) in [6, 6.07) is 3.24. The molecule has 3 rings (SSSR count). The summed E-state index contributed by atoms with van der Waals surface area (Å²) >= 11 is 2.78. The van der Waals surface area contributed by atoms with Gasteiger partial charge in [-0.15, -0.1) is 11.3 Å². The molecule has 0 atom stereocenters. The molecular weight excluding hydrogens is 284 g/mol. The van der Waals surface area contributed by atoms with E-state index in [4.69, 9.17) is 5.84 Å². The lowest BCUT2D eigenvalue weighted by Gasteiger charge is -2.04. The molecule has 0 saturated heterocycles. The molecule has 9 heteroatoms. The van der Waals surface area contributed by atoms with Crippen LogP contribution in [0.3, 0.4) is 0 Å². The minimum Gasteiger partial charge on any atom is -0.301 e. The predicted molar refractivity (Wildman–Crippen MR) is 74.2 cm³/mol. The normalized spacial score (nSPS) is 10.8. The molecule has 19 heavy (non-hydrogen) atoms. The molecule has 0 fully saturated rings. The van der Waals surface area contributed by atoms with Crippen LogP contribution in [-0.4, -0.2) is 19.9 Å². The summed E-state index contributed by atoms with van der Waals surface area (Å²) in [5.41, 5.74) is 3.02. The van der Waals surface area contributed by atoms with Crippen molar-refractivity contribution in [3.63, 3.8) is 0 Å². The van der Waals surface area contributed by atoms with Crippen molar-refractivity contribution in [2.75, 3.05) is 5.43 Å². The molecule has 3 aromatic heterocycles. The van der Waals surface area contributed by atoms with E-state index in [0.717, 1.165) is 10.2 Å². The van der Waals surface area contributed by atoms with Gasteiger partial charge in [0.1, 0.15) is 5.03 Å². The maximum Gasteiger partial charge on any atom is 0.251 e. The lowest BCUT2D eigenvalue weighted by atomic mass is 10.5. The zero-order valence-corrected chi connectivity index (χ0v) is 11.1. The molecule has 0 aliphatic heterocycles. The van der Waals surface area contributed by atoms with Gasteiger partial charge < -0.3 is 4.98 Å². The van der Waals surface area contributed by atoms with E-state index in [1.807, 2.05) is 11.4 Å². The van der Waals surface area contributed by atoms with E-state index in [1.165, 1.54) is 35.4 Å². The number of thiophene rings is 1. The van der Waals surface area contributed by atoms with Crippen LogP contribution in [0.15, 0.2) is 38.7 Å². The van der Waals surface area contributed by atoms with Gasteiger partial charge in [-0.25, -0.2) is 20.8 Å². The monoisotopic (exact) mass is 292 g/mol. The fraction of sp³-hybridized carbons (Fsp3) is 0. The van der Waals surface area contributed by atoms with Gasteiger partial charge in [0.2, 0.25) is 5.95 Å². The zero-order chi connectivity index (χ0) is 13.2. The number of hydrogen-bond acceptors (Lipinski definition) is 8. The van der Waals surface area contributed by atoms with Crippen LogP contribution in [0.5, 0.6) is 0 Å². The van der Waals surface area contributed by atoms with Crippen LogP contribution < -0.4 is 16.8 Å². The topological polar surface area (TPSA) is 110 Å². The molecule has 0 amide bonds. The lowest BCUT2D eigenvalue weighted by Crippen LogP contribution is -2.11. The molecule has 3 heterocycles. The van der Waals surface area contributed by atoms with Crippen LogP contribution in [0.2, 0.25) is 0 Å². The number of anilines is 1. The molecule has 0 aromatic carbocycles. The third-order valence-corrected chi connectivity index (χ3v) is 4.17. The van der Waals surface area contributed by atoms with Gasteiger partial charge in [-0.05, 0) is 23.2 Å². The van der Waals surface area contributed by atoms with Crippen LogP contribution >= 0.6 is 23.1 Å². The van der Waals surface area contributed by atoms with Gasteiger partial charge in [-0.3, -0.25) is 10.2 Å². The standard InChI is InChI=1S/C10H8N6OS2/c11-16-9-13-5-2-4-18-7(5)8(15-9)19-10-12-3-1-6(17)14-10/h1-4H,11H2,(H,12,14,17)(H,13,15,16). The van der Waals surface area contributed by atoms with Gasteiger partial charge >= 0.3 is 0 Å². The minimum atomic E-state index is -0.203. The number of nitrogens with one attached hydrogen (secondary N) is 2. The minimum absolute atomic E-state index is 0.203. The Kier molecular flexibility index (Phi) is 3.15. The molecule has 0 unspecified atom stereocenters. The van der Waals surface area contributed by atoms with Crippen molar-refractivity contribution in [1.82, 2.24) is 19.9 Å². The molecule has 3 aromatic rings. The number of hydrazine groups is 1. The fourth-order valence-electron chi connectivity index (χ4n) is 1.47. The Morgan fingerprint density at radius 2 is 2.26 bits per heavy atom. The van der Waals surface area contributed by atoms with Crippen molar-refractivity contribution < 1.29 is 0 Å². The Balaban J connectivity index is 2.08. The second-order valence-corrected chi connectivity index (χ2v) is 5.37. The fourth-order valence-corrected chi connectivity index (χ4v) is 3.23. The highest BCUT2D eigenvalue weighted by Gasteiger charge is 2.11. The number of nitrogens with zero attached hydrogens (tertiary/aromatic N) is 3. The highest BCUT2D eigenvalue weighted by atomic mass is 32.2. The van der Waals surface area contributed by atoms with Crippen molar-refractivity contribution in [2.24, 2.45) is 5.84 Å². The first kappa shape index (κ1) is 12.1. The van der Waals surface area contributed by atoms with E-state index < -0.39 is 0 Å². The van der Waals surface area contributed by atoms with Crippen molar-refractivity contribution >= 4 is 39.3 Å². The second kappa shape index (κ2) is 4.96. The van der Waals surface area contributed by atoms with Gasteiger partial charge in [0.15, 0.2) is 5.16 Å². The largest absolute Gasteiger partial charge is 0.301 e. The SMILES string of the molecule is NNc1nc(Sc2nccc(=O)[nH]2)c2sccc2n1. The molecule has 0 radical (unpaired) electrons. The van der Waals surface area contributed by atoms with Gasteiger partial charge in [-0.1, -0.05) is 0 Å². The smallest absolute Gasteiger partial charge is 0.251 e. The molecule has 0 bridgehead atoms. The Hall–Kier alpha value is -1.97. The van der Waals surface area contributed by atoms with Gasteiger partial charge in [0.25, 0.3) is 5.56 Å². The first-order valence-electron chi connectivity index (χ1n) is 5.21. The van der Waals surface area contributed by atoms with Crippen LogP contribution in [0, 0.1) is 0 Å². The van der Waals surface area contributed by atoms with Crippen LogP contribution in [0.25, 0.3) is 10.2 Å². The molecular formula is C10H8N6OS2. The van der Waals surface area contributed by atoms with Crippen molar-refractivity contribution in [3.8, 4) is 0 Å². The molecule has 4 N–H and O–H groups in total. The summed E-state index contributed by atoms with van der Waals surface area (Å²) in [6.07, 6.45) is 1.45. The van der Waals surface area contributed by atoms with Crippen molar-refractivity contribution in [1.29, 1.82) is 0 Å². The molecule has 7 nitrogen and oxygen atoms in total. The Morgan fingerprint density at radius 3 is 3.05 bits per heavy atom. The van der Waals surface area contributed by atoms with E-state index in [0.29, 0.717) is 16.1 Å². The molecule has 0 saturated carbocycles. The number of rotatable bonds is 3. The number of nitrogens with two attached hydrogens (primary N) is 1. The number of fused-ring (bicyclic) bond motifs is 1. The molecule has 0 aliphatic carbocycles. The lowest BCUT2D eigenvalue weighted by molar-refractivity contribution is 0.932. The summed E-state index contributed by atoms with van der Waals surface area (Å²) in [6.45, 7) is 0. The van der Waals surface area contributed by atoms with Crippen LogP contribution in [-0.2, 0) is 0 Å². The number of aromatic amines is 1. The first-order chi connectivity index (χ1) is 9.26. The average Bonchev–Trinajstić information content (AvgIpc) is 2.87. The van der Waals surface area contributed by atoms with Gasteiger partial charge in [0, 0.05) is 12.3 Å². The highest BCUT2D eigenvalue weighted by molar-refractivity contribution is 7.99. The van der Waals surface area contributed by atoms with Crippen molar-refractivity contribution in [2.45, 2.75) is 10.2 Å². The molecule has 0 spiro atoms. The maximum absolute atomic E-state index is 11.2. The number of aromatic nitrogens is 4. The van der Waals surface area contributed by atoms with Crippen molar-refractivity contribution in [3.05, 3.63) is 34.1 Å². The van der Waals surface area contributed by atoms with Crippen LogP contribution in [0.4, 0.5) is 5.95 Å². The highest BCUT2D eigenvalue weighted by Crippen LogP contribution is 2.32. The number of nitrogen functional groups attached to an aromatic ring is 1.